The predicted molar refractivity (Wildman–Crippen MR) is 70.1 cm³/mol. The average molecular weight is 289 g/mol. The minimum Gasteiger partial charge on any atom is -0.464 e. The molecule has 0 radical (unpaired) electrons. The largest absolute Gasteiger partial charge is 0.464 e. The van der Waals surface area contributed by atoms with E-state index in [-0.39, 0.29) is 16.1 Å². The fraction of sp³-hybridized carbons (Fsp3) is 0.273. The highest BCUT2D eigenvalue weighted by Gasteiger charge is 2.26. The molecule has 18 heavy (non-hydrogen) atoms. The first-order valence-corrected chi connectivity index (χ1v) is 6.04. The van der Waals surface area contributed by atoms with Crippen LogP contribution < -0.4 is 10.6 Å². The van der Waals surface area contributed by atoms with Crippen molar-refractivity contribution in [1.29, 1.82) is 0 Å². The van der Waals surface area contributed by atoms with Gasteiger partial charge in [-0.3, -0.25) is 0 Å². The molecule has 1 aliphatic heterocycles. The van der Waals surface area contributed by atoms with Gasteiger partial charge in [0.25, 0.3) is 0 Å². The van der Waals surface area contributed by atoms with Crippen LogP contribution in [-0.4, -0.2) is 23.7 Å². The molecule has 96 valence electrons. The molecule has 1 aliphatic rings. The van der Waals surface area contributed by atoms with Gasteiger partial charge >= 0.3 is 5.97 Å². The van der Waals surface area contributed by atoms with Crippen molar-refractivity contribution in [1.82, 2.24) is 5.32 Å². The first-order valence-electron chi connectivity index (χ1n) is 5.25. The summed E-state index contributed by atoms with van der Waals surface area (Å²) < 4.78 is 17.7. The smallest absolute Gasteiger partial charge is 0.328 e. The molecule has 1 aromatic rings. The molecule has 1 atom stereocenters. The van der Waals surface area contributed by atoms with E-state index in [2.05, 4.69) is 10.6 Å². The number of thiocarbonyl (C=S) groups is 1. The molecule has 1 heterocycles. The number of benzene rings is 1. The van der Waals surface area contributed by atoms with Gasteiger partial charge in [-0.25, -0.2) is 9.18 Å². The number of cyclic esters (lactones) is 1. The summed E-state index contributed by atoms with van der Waals surface area (Å²) in [5.41, 5.74) is 0.547. The van der Waals surface area contributed by atoms with Gasteiger partial charge in [0.05, 0.1) is 11.6 Å². The molecule has 0 aromatic heterocycles. The third kappa shape index (κ3) is 3.08. The van der Waals surface area contributed by atoms with Gasteiger partial charge in [0.2, 0.25) is 0 Å². The number of esters is 1. The topological polar surface area (TPSA) is 50.4 Å². The van der Waals surface area contributed by atoms with Crippen molar-refractivity contribution in [3.63, 3.8) is 0 Å². The fourth-order valence-electron chi connectivity index (χ4n) is 1.53. The first kappa shape index (κ1) is 13.0. The molecule has 1 fully saturated rings. The number of ether oxygens (including phenoxy) is 1. The van der Waals surface area contributed by atoms with Crippen molar-refractivity contribution in [3.05, 3.63) is 29.0 Å². The third-order valence-corrected chi connectivity index (χ3v) is 2.93. The third-order valence-electron chi connectivity index (χ3n) is 2.42. The molecular weight excluding hydrogens is 279 g/mol. The normalized spacial score (nSPS) is 18.3. The lowest BCUT2D eigenvalue weighted by molar-refractivity contribution is -0.139. The lowest BCUT2D eigenvalue weighted by Gasteiger charge is -2.13. The van der Waals surface area contributed by atoms with Crippen LogP contribution in [0, 0.1) is 5.82 Å². The van der Waals surface area contributed by atoms with Gasteiger partial charge in [-0.2, -0.15) is 0 Å². The van der Waals surface area contributed by atoms with E-state index >= 15 is 0 Å². The Balaban J connectivity index is 1.94. The highest BCUT2D eigenvalue weighted by atomic mass is 35.5. The Labute approximate surface area is 113 Å². The summed E-state index contributed by atoms with van der Waals surface area (Å²) in [6, 6.07) is 3.72. The van der Waals surface area contributed by atoms with E-state index in [1.165, 1.54) is 18.2 Å². The standard InChI is InChI=1S/C11H10ClFN2O2S/c12-7-5-6(1-2-8(7)13)14-11(18)15-9-3-4-17-10(9)16/h1-2,5,9H,3-4H2,(H2,14,15,18). The second-order valence-electron chi connectivity index (χ2n) is 3.74. The second-order valence-corrected chi connectivity index (χ2v) is 4.55. The van der Waals surface area contributed by atoms with Crippen LogP contribution in [0.15, 0.2) is 18.2 Å². The average Bonchev–Trinajstić information content (AvgIpc) is 2.70. The van der Waals surface area contributed by atoms with E-state index in [0.717, 1.165) is 0 Å². The van der Waals surface area contributed by atoms with E-state index in [1.54, 1.807) is 0 Å². The number of anilines is 1. The fourth-order valence-corrected chi connectivity index (χ4v) is 1.97. The van der Waals surface area contributed by atoms with E-state index in [9.17, 15) is 9.18 Å². The predicted octanol–water partition coefficient (Wildman–Crippen LogP) is 2.08. The minimum atomic E-state index is -0.500. The molecule has 0 spiro atoms. The first-order chi connectivity index (χ1) is 8.56. The second kappa shape index (κ2) is 5.49. The van der Waals surface area contributed by atoms with Crippen molar-refractivity contribution < 1.29 is 13.9 Å². The lowest BCUT2D eigenvalue weighted by Crippen LogP contribution is -2.40. The van der Waals surface area contributed by atoms with Crippen LogP contribution in [0.2, 0.25) is 5.02 Å². The quantitative estimate of drug-likeness (QED) is 0.645. The van der Waals surface area contributed by atoms with Crippen LogP contribution >= 0.6 is 23.8 Å². The number of carbonyl (C=O) groups excluding carboxylic acids is 1. The van der Waals surface area contributed by atoms with Crippen LogP contribution in [0.3, 0.4) is 0 Å². The number of hydrogen-bond acceptors (Lipinski definition) is 3. The SMILES string of the molecule is O=C1OCCC1NC(=S)Nc1ccc(F)c(Cl)c1. The number of nitrogens with one attached hydrogen (secondary N) is 2. The van der Waals surface area contributed by atoms with E-state index in [0.29, 0.717) is 18.7 Å². The maximum atomic E-state index is 12.9. The molecule has 1 saturated heterocycles. The molecule has 0 amide bonds. The van der Waals surface area contributed by atoms with Crippen LogP contribution in [0.25, 0.3) is 0 Å². The van der Waals surface area contributed by atoms with E-state index < -0.39 is 11.9 Å². The van der Waals surface area contributed by atoms with E-state index in [1.807, 2.05) is 0 Å². The van der Waals surface area contributed by atoms with Crippen molar-refractivity contribution >= 4 is 40.6 Å². The zero-order chi connectivity index (χ0) is 13.1. The number of hydrogen-bond donors (Lipinski definition) is 2. The molecule has 0 saturated carbocycles. The van der Waals surface area contributed by atoms with Crippen LogP contribution in [0.5, 0.6) is 0 Å². The summed E-state index contributed by atoms with van der Waals surface area (Å²) in [7, 11) is 0. The molecule has 0 aliphatic carbocycles. The minimum absolute atomic E-state index is 0.00285. The monoisotopic (exact) mass is 288 g/mol. The maximum absolute atomic E-state index is 12.9. The molecule has 2 rings (SSSR count). The number of rotatable bonds is 2. The zero-order valence-corrected chi connectivity index (χ0v) is 10.8. The highest BCUT2D eigenvalue weighted by molar-refractivity contribution is 7.80. The lowest BCUT2D eigenvalue weighted by atomic mass is 10.2. The summed E-state index contributed by atoms with van der Waals surface area (Å²) in [4.78, 5) is 11.2. The Morgan fingerprint density at radius 1 is 1.56 bits per heavy atom. The van der Waals surface area contributed by atoms with E-state index in [4.69, 9.17) is 28.6 Å². The molecular formula is C11H10ClFN2O2S. The van der Waals surface area contributed by atoms with Crippen molar-refractivity contribution in [3.8, 4) is 0 Å². The summed E-state index contributed by atoms with van der Waals surface area (Å²) in [6.45, 7) is 0.390. The Bertz CT molecular complexity index is 498. The Morgan fingerprint density at radius 3 is 2.94 bits per heavy atom. The van der Waals surface area contributed by atoms with Gasteiger partial charge in [-0.05, 0) is 30.4 Å². The molecule has 1 unspecified atom stereocenters. The Morgan fingerprint density at radius 2 is 2.33 bits per heavy atom. The number of halogens is 2. The molecule has 7 heteroatoms. The van der Waals surface area contributed by atoms with Gasteiger partial charge < -0.3 is 15.4 Å². The molecule has 1 aromatic carbocycles. The molecule has 4 nitrogen and oxygen atoms in total. The van der Waals surface area contributed by atoms with Gasteiger partial charge in [0.1, 0.15) is 11.9 Å². The summed E-state index contributed by atoms with van der Waals surface area (Å²) in [6.07, 6.45) is 0.574. The number of carbonyl (C=O) groups is 1. The van der Waals surface area contributed by atoms with Crippen LogP contribution in [-0.2, 0) is 9.53 Å². The summed E-state index contributed by atoms with van der Waals surface area (Å²) >= 11 is 10.7. The van der Waals surface area contributed by atoms with Crippen molar-refractivity contribution in [2.24, 2.45) is 0 Å². The molecule has 2 N–H and O–H groups in total. The van der Waals surface area contributed by atoms with Gasteiger partial charge in [-0.1, -0.05) is 11.6 Å². The van der Waals surface area contributed by atoms with Crippen molar-refractivity contribution in [2.45, 2.75) is 12.5 Å². The van der Waals surface area contributed by atoms with Crippen LogP contribution in [0.1, 0.15) is 6.42 Å². The Hall–Kier alpha value is -1.40. The van der Waals surface area contributed by atoms with Crippen LogP contribution in [0.4, 0.5) is 10.1 Å². The van der Waals surface area contributed by atoms with Gasteiger partial charge in [0, 0.05) is 12.1 Å². The van der Waals surface area contributed by atoms with Gasteiger partial charge in [0.15, 0.2) is 5.11 Å². The van der Waals surface area contributed by atoms with Gasteiger partial charge in [-0.15, -0.1) is 0 Å². The highest BCUT2D eigenvalue weighted by Crippen LogP contribution is 2.19. The summed E-state index contributed by atoms with van der Waals surface area (Å²) in [5, 5.41) is 5.91. The summed E-state index contributed by atoms with van der Waals surface area (Å²) in [5.74, 6) is -0.822. The zero-order valence-electron chi connectivity index (χ0n) is 9.20. The molecule has 0 bridgehead atoms. The maximum Gasteiger partial charge on any atom is 0.328 e. The Kier molecular flexibility index (Phi) is 3.98. The van der Waals surface area contributed by atoms with Crippen molar-refractivity contribution in [2.75, 3.05) is 11.9 Å².